The Morgan fingerprint density at radius 2 is 1.86 bits per heavy atom. The highest BCUT2D eigenvalue weighted by Crippen LogP contribution is 2.23. The van der Waals surface area contributed by atoms with Gasteiger partial charge in [0, 0.05) is 11.5 Å². The van der Waals surface area contributed by atoms with Crippen LogP contribution in [0.1, 0.15) is 38.0 Å². The molecule has 0 atom stereocenters. The fraction of sp³-hybridized carbons (Fsp3) is 0.412. The summed E-state index contributed by atoms with van der Waals surface area (Å²) in [7, 11) is 1.64. The van der Waals surface area contributed by atoms with Crippen molar-refractivity contribution < 1.29 is 9.15 Å². The van der Waals surface area contributed by atoms with Gasteiger partial charge in [0.2, 0.25) is 5.89 Å². The Bertz CT molecular complexity index is 643. The first kappa shape index (κ1) is 13.7. The van der Waals surface area contributed by atoms with Crippen LogP contribution in [0.5, 0.6) is 5.75 Å². The Kier molecular flexibility index (Phi) is 4.20. The Hall–Kier alpha value is -2.28. The summed E-state index contributed by atoms with van der Waals surface area (Å²) in [5.41, 5.74) is 0.869. The second-order valence-corrected chi connectivity index (χ2v) is 5.25. The lowest BCUT2D eigenvalue weighted by molar-refractivity contribution is 0.415. The lowest BCUT2D eigenvalue weighted by atomic mass is 9.90. The molecule has 108 valence electrons. The fourth-order valence-corrected chi connectivity index (χ4v) is 2.53. The second kappa shape index (κ2) is 6.45. The topological polar surface area (TPSA) is 48.2 Å². The van der Waals surface area contributed by atoms with Crippen LogP contribution in [0.15, 0.2) is 28.7 Å². The van der Waals surface area contributed by atoms with Gasteiger partial charge in [-0.2, -0.15) is 0 Å². The third-order valence-electron chi connectivity index (χ3n) is 3.75. The third-order valence-corrected chi connectivity index (χ3v) is 3.75. The SMILES string of the molecule is COc1ccc(-c2nnc(C#CC3CCCCC3)o2)cc1. The lowest BCUT2D eigenvalue weighted by Crippen LogP contribution is -2.02. The molecule has 0 saturated heterocycles. The van der Waals surface area contributed by atoms with Crippen molar-refractivity contribution in [2.24, 2.45) is 5.92 Å². The van der Waals surface area contributed by atoms with E-state index in [0.717, 1.165) is 11.3 Å². The van der Waals surface area contributed by atoms with Gasteiger partial charge in [-0.1, -0.05) is 30.3 Å². The van der Waals surface area contributed by atoms with E-state index in [4.69, 9.17) is 9.15 Å². The van der Waals surface area contributed by atoms with E-state index in [1.165, 1.54) is 32.1 Å². The van der Waals surface area contributed by atoms with Gasteiger partial charge in [0.15, 0.2) is 0 Å². The molecule has 1 aromatic heterocycles. The van der Waals surface area contributed by atoms with E-state index in [1.54, 1.807) is 7.11 Å². The molecule has 0 unspecified atom stereocenters. The zero-order valence-corrected chi connectivity index (χ0v) is 12.1. The maximum atomic E-state index is 5.60. The lowest BCUT2D eigenvalue weighted by Gasteiger charge is -2.15. The number of benzene rings is 1. The normalized spacial score (nSPS) is 15.3. The van der Waals surface area contributed by atoms with Gasteiger partial charge in [-0.15, -0.1) is 5.10 Å². The van der Waals surface area contributed by atoms with Gasteiger partial charge in [0.05, 0.1) is 7.11 Å². The van der Waals surface area contributed by atoms with E-state index in [1.807, 2.05) is 24.3 Å². The van der Waals surface area contributed by atoms with Crippen molar-refractivity contribution in [3.63, 3.8) is 0 Å². The minimum atomic E-state index is 0.395. The molecule has 1 aliphatic rings. The van der Waals surface area contributed by atoms with Crippen molar-refractivity contribution >= 4 is 0 Å². The highest BCUT2D eigenvalue weighted by atomic mass is 16.5. The molecule has 2 aromatic rings. The molecule has 0 bridgehead atoms. The van der Waals surface area contributed by atoms with Crippen molar-refractivity contribution in [1.82, 2.24) is 10.2 Å². The van der Waals surface area contributed by atoms with Crippen LogP contribution >= 0.6 is 0 Å². The molecule has 0 aliphatic heterocycles. The summed E-state index contributed by atoms with van der Waals surface area (Å²) in [6.45, 7) is 0. The second-order valence-electron chi connectivity index (χ2n) is 5.25. The first-order chi connectivity index (χ1) is 10.3. The summed E-state index contributed by atoms with van der Waals surface area (Å²) >= 11 is 0. The zero-order chi connectivity index (χ0) is 14.5. The molecule has 1 aromatic carbocycles. The van der Waals surface area contributed by atoms with Gasteiger partial charge in [0.25, 0.3) is 5.89 Å². The Balaban J connectivity index is 1.72. The largest absolute Gasteiger partial charge is 0.497 e. The van der Waals surface area contributed by atoms with Crippen LogP contribution in [-0.2, 0) is 0 Å². The number of nitrogens with zero attached hydrogens (tertiary/aromatic N) is 2. The van der Waals surface area contributed by atoms with E-state index in [2.05, 4.69) is 22.0 Å². The average molecular weight is 282 g/mol. The van der Waals surface area contributed by atoms with Crippen LogP contribution in [0.3, 0.4) is 0 Å². The monoisotopic (exact) mass is 282 g/mol. The third kappa shape index (κ3) is 3.43. The number of rotatable bonds is 2. The maximum absolute atomic E-state index is 5.60. The Labute approximate surface area is 124 Å². The van der Waals surface area contributed by atoms with Gasteiger partial charge in [-0.3, -0.25) is 0 Å². The molecule has 1 saturated carbocycles. The fourth-order valence-electron chi connectivity index (χ4n) is 2.53. The highest BCUT2D eigenvalue weighted by molar-refractivity contribution is 5.54. The van der Waals surface area contributed by atoms with Crippen LogP contribution < -0.4 is 4.74 Å². The summed E-state index contributed by atoms with van der Waals surface area (Å²) in [6, 6.07) is 7.52. The molecule has 0 spiro atoms. The van der Waals surface area contributed by atoms with Gasteiger partial charge >= 0.3 is 0 Å². The van der Waals surface area contributed by atoms with Gasteiger partial charge in [-0.05, 0) is 43.0 Å². The van der Waals surface area contributed by atoms with E-state index in [0.29, 0.717) is 17.7 Å². The molecule has 1 aliphatic carbocycles. The quantitative estimate of drug-likeness (QED) is 0.788. The molecule has 0 amide bonds. The first-order valence-electron chi connectivity index (χ1n) is 7.34. The average Bonchev–Trinajstić information content (AvgIpc) is 3.03. The van der Waals surface area contributed by atoms with Crippen LogP contribution in [-0.4, -0.2) is 17.3 Å². The zero-order valence-electron chi connectivity index (χ0n) is 12.1. The molecule has 3 rings (SSSR count). The molecule has 21 heavy (non-hydrogen) atoms. The van der Waals surface area contributed by atoms with Gasteiger partial charge < -0.3 is 9.15 Å². The van der Waals surface area contributed by atoms with Crippen LogP contribution in [0, 0.1) is 17.8 Å². The minimum absolute atomic E-state index is 0.395. The van der Waals surface area contributed by atoms with E-state index < -0.39 is 0 Å². The van der Waals surface area contributed by atoms with Gasteiger partial charge in [-0.25, -0.2) is 0 Å². The molecular formula is C17H18N2O2. The molecule has 1 heterocycles. The van der Waals surface area contributed by atoms with E-state index in [9.17, 15) is 0 Å². The van der Waals surface area contributed by atoms with Gasteiger partial charge in [0.1, 0.15) is 5.75 Å². The highest BCUT2D eigenvalue weighted by Gasteiger charge is 2.11. The first-order valence-corrected chi connectivity index (χ1v) is 7.34. The van der Waals surface area contributed by atoms with Crippen molar-refractivity contribution in [3.8, 4) is 29.0 Å². The smallest absolute Gasteiger partial charge is 0.294 e. The summed E-state index contributed by atoms with van der Waals surface area (Å²) in [6.07, 6.45) is 6.26. The standard InChI is InChI=1S/C17H18N2O2/c1-20-15-10-8-14(9-11-15)17-19-18-16(21-17)12-7-13-5-3-2-4-6-13/h8-11,13H,2-6H2,1H3. The van der Waals surface area contributed by atoms with Crippen molar-refractivity contribution in [3.05, 3.63) is 30.2 Å². The van der Waals surface area contributed by atoms with Crippen LogP contribution in [0.25, 0.3) is 11.5 Å². The summed E-state index contributed by atoms with van der Waals surface area (Å²) in [4.78, 5) is 0. The van der Waals surface area contributed by atoms with Crippen molar-refractivity contribution in [2.75, 3.05) is 7.11 Å². The van der Waals surface area contributed by atoms with Crippen molar-refractivity contribution in [2.45, 2.75) is 32.1 Å². The Morgan fingerprint density at radius 3 is 2.57 bits per heavy atom. The number of methoxy groups -OCH3 is 1. The van der Waals surface area contributed by atoms with Crippen molar-refractivity contribution in [1.29, 1.82) is 0 Å². The summed E-state index contributed by atoms with van der Waals surface area (Å²) in [5, 5.41) is 8.04. The summed E-state index contributed by atoms with van der Waals surface area (Å²) in [5.74, 6) is 8.44. The number of aromatic nitrogens is 2. The predicted octanol–water partition coefficient (Wildman–Crippen LogP) is 3.68. The predicted molar refractivity (Wildman–Crippen MR) is 79.7 cm³/mol. The number of hydrogen-bond donors (Lipinski definition) is 0. The minimum Gasteiger partial charge on any atom is -0.497 e. The summed E-state index contributed by atoms with van der Waals surface area (Å²) < 4.78 is 10.7. The molecule has 4 nitrogen and oxygen atoms in total. The number of ether oxygens (including phenoxy) is 1. The van der Waals surface area contributed by atoms with E-state index >= 15 is 0 Å². The molecule has 1 fully saturated rings. The maximum Gasteiger partial charge on any atom is 0.294 e. The van der Waals surface area contributed by atoms with Crippen LogP contribution in [0.2, 0.25) is 0 Å². The number of hydrogen-bond acceptors (Lipinski definition) is 4. The molecule has 0 N–H and O–H groups in total. The molecular weight excluding hydrogens is 264 g/mol. The van der Waals surface area contributed by atoms with Crippen LogP contribution in [0.4, 0.5) is 0 Å². The molecule has 4 heteroatoms. The van der Waals surface area contributed by atoms with E-state index in [-0.39, 0.29) is 0 Å². The Morgan fingerprint density at radius 1 is 1.10 bits per heavy atom. The molecule has 0 radical (unpaired) electrons.